The molecule has 2 aliphatic rings. The van der Waals surface area contributed by atoms with Gasteiger partial charge in [-0.15, -0.1) is 0 Å². The third-order valence-electron chi connectivity index (χ3n) is 4.92. The molecule has 1 aliphatic heterocycles. The zero-order chi connectivity index (χ0) is 18.4. The minimum Gasteiger partial charge on any atom is -0.352 e. The Bertz CT molecular complexity index is 461. The summed E-state index contributed by atoms with van der Waals surface area (Å²) in [4.78, 5) is 25.4. The minimum absolute atomic E-state index is 0.0842. The van der Waals surface area contributed by atoms with Gasteiger partial charge in [0.05, 0.1) is 0 Å². The summed E-state index contributed by atoms with van der Waals surface area (Å²) in [6, 6.07) is -2.55. The van der Waals surface area contributed by atoms with Crippen molar-refractivity contribution in [1.29, 1.82) is 0 Å². The lowest BCUT2D eigenvalue weighted by atomic mass is 10.1. The maximum atomic E-state index is 13.3. The van der Waals surface area contributed by atoms with Crippen molar-refractivity contribution in [2.75, 3.05) is 32.7 Å². The average Bonchev–Trinajstić information content (AvgIpc) is 3.09. The highest BCUT2D eigenvalue weighted by atomic mass is 19.4. The molecule has 144 valence electrons. The van der Waals surface area contributed by atoms with E-state index in [-0.39, 0.29) is 24.9 Å². The molecule has 2 fully saturated rings. The Kier molecular flexibility index (Phi) is 7.06. The monoisotopic (exact) mass is 364 g/mol. The van der Waals surface area contributed by atoms with E-state index in [1.807, 2.05) is 0 Å². The highest BCUT2D eigenvalue weighted by Gasteiger charge is 2.44. The van der Waals surface area contributed by atoms with Crippen molar-refractivity contribution >= 4 is 11.8 Å². The van der Waals surface area contributed by atoms with Crippen molar-refractivity contribution < 1.29 is 22.8 Å². The number of nitrogens with zero attached hydrogens (tertiary/aromatic N) is 1. The molecule has 2 amide bonds. The summed E-state index contributed by atoms with van der Waals surface area (Å²) in [5, 5.41) is 7.96. The van der Waals surface area contributed by atoms with Crippen LogP contribution in [-0.2, 0) is 9.59 Å². The molecule has 1 saturated carbocycles. The summed E-state index contributed by atoms with van der Waals surface area (Å²) in [6.45, 7) is 2.55. The van der Waals surface area contributed by atoms with Crippen LogP contribution in [0.25, 0.3) is 0 Å². The highest BCUT2D eigenvalue weighted by Crippen LogP contribution is 2.25. The molecule has 0 radical (unpaired) electrons. The van der Waals surface area contributed by atoms with Crippen LogP contribution in [0.15, 0.2) is 0 Å². The lowest BCUT2D eigenvalue weighted by Crippen LogP contribution is -2.58. The van der Waals surface area contributed by atoms with E-state index in [1.165, 1.54) is 11.8 Å². The summed E-state index contributed by atoms with van der Waals surface area (Å²) in [5.74, 6) is -0.857. The zero-order valence-electron chi connectivity index (χ0n) is 14.5. The Morgan fingerprint density at radius 3 is 2.36 bits per heavy atom. The number of hydrogen-bond acceptors (Lipinski definition) is 4. The van der Waals surface area contributed by atoms with Gasteiger partial charge >= 0.3 is 6.18 Å². The van der Waals surface area contributed by atoms with Crippen LogP contribution >= 0.6 is 0 Å². The van der Waals surface area contributed by atoms with Crippen LogP contribution in [0.1, 0.15) is 32.6 Å². The highest BCUT2D eigenvalue weighted by molar-refractivity contribution is 5.88. The van der Waals surface area contributed by atoms with Crippen LogP contribution in [0.3, 0.4) is 0 Å². The molecule has 9 heteroatoms. The van der Waals surface area contributed by atoms with Crippen LogP contribution in [0.5, 0.6) is 0 Å². The number of carbonyl (C=O) groups is 2. The molecule has 25 heavy (non-hydrogen) atoms. The van der Waals surface area contributed by atoms with Crippen LogP contribution < -0.4 is 16.0 Å². The van der Waals surface area contributed by atoms with Gasteiger partial charge in [0.15, 0.2) is 0 Å². The fourth-order valence-corrected chi connectivity index (χ4v) is 3.38. The number of nitrogens with one attached hydrogen (secondary N) is 3. The molecule has 1 aliphatic carbocycles. The fraction of sp³-hybridized carbons (Fsp3) is 0.875. The molecule has 2 unspecified atom stereocenters. The number of alkyl halides is 3. The molecule has 1 heterocycles. The predicted octanol–water partition coefficient (Wildman–Crippen LogP) is 0.634. The van der Waals surface area contributed by atoms with Crippen LogP contribution in [0.2, 0.25) is 0 Å². The molecule has 3 N–H and O–H groups in total. The Labute approximate surface area is 145 Å². The van der Waals surface area contributed by atoms with Crippen molar-refractivity contribution in [3.05, 3.63) is 0 Å². The van der Waals surface area contributed by atoms with Gasteiger partial charge in [0.25, 0.3) is 0 Å². The van der Waals surface area contributed by atoms with Gasteiger partial charge in [-0.3, -0.25) is 14.5 Å². The number of halogens is 3. The van der Waals surface area contributed by atoms with Gasteiger partial charge in [-0.25, -0.2) is 0 Å². The molecule has 0 aromatic heterocycles. The van der Waals surface area contributed by atoms with Crippen molar-refractivity contribution in [1.82, 2.24) is 20.9 Å². The topological polar surface area (TPSA) is 73.5 Å². The molecule has 0 bridgehead atoms. The lowest BCUT2D eigenvalue weighted by molar-refractivity contribution is -0.184. The minimum atomic E-state index is -4.42. The second-order valence-corrected chi connectivity index (χ2v) is 6.80. The van der Waals surface area contributed by atoms with E-state index in [0.29, 0.717) is 13.1 Å². The summed E-state index contributed by atoms with van der Waals surface area (Å²) < 4.78 is 39.9. The molecule has 0 spiro atoms. The van der Waals surface area contributed by atoms with Gasteiger partial charge in [0, 0.05) is 38.6 Å². The molecular formula is C16H27F3N4O2. The van der Waals surface area contributed by atoms with E-state index in [4.69, 9.17) is 0 Å². The maximum absolute atomic E-state index is 13.3. The van der Waals surface area contributed by atoms with Crippen molar-refractivity contribution in [2.45, 2.75) is 50.9 Å². The van der Waals surface area contributed by atoms with Gasteiger partial charge in [-0.2, -0.15) is 13.2 Å². The quantitative estimate of drug-likeness (QED) is 0.647. The van der Waals surface area contributed by atoms with E-state index >= 15 is 0 Å². The second kappa shape index (κ2) is 8.84. The Hall–Kier alpha value is -1.35. The Morgan fingerprint density at radius 1 is 1.20 bits per heavy atom. The van der Waals surface area contributed by atoms with E-state index < -0.39 is 30.7 Å². The fourth-order valence-electron chi connectivity index (χ4n) is 3.38. The molecule has 6 nitrogen and oxygen atoms in total. The lowest BCUT2D eigenvalue weighted by Gasteiger charge is -2.36. The summed E-state index contributed by atoms with van der Waals surface area (Å²) >= 11 is 0. The summed E-state index contributed by atoms with van der Waals surface area (Å²) in [7, 11) is 0. The van der Waals surface area contributed by atoms with Crippen LogP contribution in [0, 0.1) is 5.92 Å². The Morgan fingerprint density at radius 2 is 1.80 bits per heavy atom. The van der Waals surface area contributed by atoms with Gasteiger partial charge < -0.3 is 16.0 Å². The van der Waals surface area contributed by atoms with Gasteiger partial charge in [0.2, 0.25) is 11.8 Å². The number of amides is 2. The molecule has 0 aromatic carbocycles. The normalized spacial score (nSPS) is 22.4. The maximum Gasteiger partial charge on any atom is 0.405 e. The van der Waals surface area contributed by atoms with Crippen LogP contribution in [-0.4, -0.2) is 67.7 Å². The van der Waals surface area contributed by atoms with E-state index in [9.17, 15) is 22.8 Å². The van der Waals surface area contributed by atoms with Crippen LogP contribution in [0.4, 0.5) is 13.2 Å². The average molecular weight is 364 g/mol. The van der Waals surface area contributed by atoms with E-state index in [0.717, 1.165) is 25.7 Å². The standard InChI is InChI=1S/C16H27F3N4O2/c1-11(22-15(25)12-4-2-3-5-12)14(24)21-10-13(16(17,18)19)23-8-6-20-7-9-23/h11-13,20H,2-10H2,1H3,(H,21,24)(H,22,25). The first-order valence-electron chi connectivity index (χ1n) is 8.88. The van der Waals surface area contributed by atoms with E-state index in [1.54, 1.807) is 0 Å². The number of hydrogen-bond donors (Lipinski definition) is 3. The number of rotatable bonds is 6. The molecular weight excluding hydrogens is 337 g/mol. The first-order valence-corrected chi connectivity index (χ1v) is 8.88. The molecule has 2 rings (SSSR count). The number of carbonyl (C=O) groups excluding carboxylic acids is 2. The molecule has 2 atom stereocenters. The molecule has 0 aromatic rings. The first kappa shape index (κ1) is 20.0. The zero-order valence-corrected chi connectivity index (χ0v) is 14.5. The molecule has 1 saturated heterocycles. The first-order chi connectivity index (χ1) is 11.8. The third kappa shape index (κ3) is 5.85. The SMILES string of the molecule is CC(NC(=O)C1CCCC1)C(=O)NCC(N1CCNCC1)C(F)(F)F. The van der Waals surface area contributed by atoms with Gasteiger partial charge in [0.1, 0.15) is 12.1 Å². The number of piperazine rings is 1. The summed E-state index contributed by atoms with van der Waals surface area (Å²) in [5.41, 5.74) is 0. The second-order valence-electron chi connectivity index (χ2n) is 6.80. The van der Waals surface area contributed by atoms with Crippen molar-refractivity contribution in [2.24, 2.45) is 5.92 Å². The smallest absolute Gasteiger partial charge is 0.352 e. The predicted molar refractivity (Wildman–Crippen MR) is 86.9 cm³/mol. The van der Waals surface area contributed by atoms with E-state index in [2.05, 4.69) is 16.0 Å². The van der Waals surface area contributed by atoms with Gasteiger partial charge in [-0.05, 0) is 19.8 Å². The largest absolute Gasteiger partial charge is 0.405 e. The Balaban J connectivity index is 1.83. The van der Waals surface area contributed by atoms with Crippen molar-refractivity contribution in [3.63, 3.8) is 0 Å². The van der Waals surface area contributed by atoms with Crippen molar-refractivity contribution in [3.8, 4) is 0 Å². The summed E-state index contributed by atoms with van der Waals surface area (Å²) in [6.07, 6.45) is -0.813. The van der Waals surface area contributed by atoms with Gasteiger partial charge in [-0.1, -0.05) is 12.8 Å². The third-order valence-corrected chi connectivity index (χ3v) is 4.92.